The molecule has 34 heavy (non-hydrogen) atoms. The number of carbonyl (C=O) groups excluding carboxylic acids is 2. The first-order valence-corrected chi connectivity index (χ1v) is 11.3. The van der Waals surface area contributed by atoms with Gasteiger partial charge >= 0.3 is 0 Å². The van der Waals surface area contributed by atoms with Crippen LogP contribution in [0, 0.1) is 0 Å². The van der Waals surface area contributed by atoms with Crippen LogP contribution in [0.3, 0.4) is 0 Å². The van der Waals surface area contributed by atoms with Crippen LogP contribution in [0.1, 0.15) is 11.1 Å². The van der Waals surface area contributed by atoms with Crippen molar-refractivity contribution in [3.8, 4) is 0 Å². The van der Waals surface area contributed by atoms with Crippen LogP contribution in [0.15, 0.2) is 98.1 Å². The third kappa shape index (κ3) is 7.16. The van der Waals surface area contributed by atoms with Gasteiger partial charge in [0, 0.05) is 13.1 Å². The highest BCUT2D eigenvalue weighted by molar-refractivity contribution is 5.76. The smallest absolute Gasteiger partial charge is 0.262 e. The van der Waals surface area contributed by atoms with Crippen LogP contribution in [0.4, 0.5) is 0 Å². The third-order valence-corrected chi connectivity index (χ3v) is 5.33. The van der Waals surface area contributed by atoms with Crippen LogP contribution in [0.25, 0.3) is 0 Å². The second-order valence-electron chi connectivity index (χ2n) is 8.19. The summed E-state index contributed by atoms with van der Waals surface area (Å²) in [4.78, 5) is 24.4. The number of amides is 2. The van der Waals surface area contributed by atoms with Gasteiger partial charge in [0.05, 0.1) is 0 Å². The first-order valence-electron chi connectivity index (χ1n) is 11.3. The number of hydrogen-bond donors (Lipinski definition) is 2. The van der Waals surface area contributed by atoms with Gasteiger partial charge in [-0.2, -0.15) is 0 Å². The highest BCUT2D eigenvalue weighted by atomic mass is 16.2. The predicted molar refractivity (Wildman–Crippen MR) is 126 cm³/mol. The van der Waals surface area contributed by atoms with Crippen LogP contribution in [0.5, 0.6) is 0 Å². The van der Waals surface area contributed by atoms with Gasteiger partial charge in [-0.3, -0.25) is 9.59 Å². The molecule has 0 saturated carbocycles. The SMILES string of the molecule is O=C(Cn1cc[n+](Cc2ccccc2)c1)NCCNC(=O)Cn1cc[n+](Cc2ccccc2)c1. The largest absolute Gasteiger partial charge is 0.351 e. The average molecular weight is 459 g/mol. The molecule has 0 aliphatic heterocycles. The highest BCUT2D eigenvalue weighted by Crippen LogP contribution is 1.98. The summed E-state index contributed by atoms with van der Waals surface area (Å²) in [5.74, 6) is -0.187. The lowest BCUT2D eigenvalue weighted by molar-refractivity contribution is -0.687. The summed E-state index contributed by atoms with van der Waals surface area (Å²) in [7, 11) is 0. The standard InChI is InChI=1S/C26H28N6O2/c33-25(19-31-15-13-29(21-31)17-23-7-3-1-4-8-23)27-11-12-28-26(34)20-32-16-14-30(22-32)18-24-9-5-2-6-10-24/h1-10,13-16,21-22H,11-12,17-20H2/p+2. The lowest BCUT2D eigenvalue weighted by atomic mass is 10.2. The van der Waals surface area contributed by atoms with Gasteiger partial charge in [-0.25, -0.2) is 18.3 Å². The minimum Gasteiger partial charge on any atom is -0.351 e. The molecular formula is C26H30N6O2+2. The Balaban J connectivity index is 1.12. The molecule has 174 valence electrons. The van der Waals surface area contributed by atoms with Gasteiger partial charge in [0.1, 0.15) is 37.9 Å². The number of nitrogens with zero attached hydrogens (tertiary/aromatic N) is 4. The summed E-state index contributed by atoms with van der Waals surface area (Å²) in [6.45, 7) is 2.76. The molecule has 0 radical (unpaired) electrons. The lowest BCUT2D eigenvalue weighted by Crippen LogP contribution is -2.37. The zero-order valence-corrected chi connectivity index (χ0v) is 19.1. The van der Waals surface area contributed by atoms with E-state index in [0.29, 0.717) is 13.1 Å². The number of aromatic nitrogens is 4. The van der Waals surface area contributed by atoms with Crippen LogP contribution >= 0.6 is 0 Å². The Kier molecular flexibility index (Phi) is 7.84. The number of rotatable bonds is 11. The first-order chi connectivity index (χ1) is 16.6. The summed E-state index contributed by atoms with van der Waals surface area (Å²) in [6.07, 6.45) is 11.5. The number of nitrogens with one attached hydrogen (secondary N) is 2. The molecule has 2 N–H and O–H groups in total. The molecule has 0 aliphatic rings. The van der Waals surface area contributed by atoms with E-state index in [1.54, 1.807) is 0 Å². The molecule has 0 aliphatic carbocycles. The van der Waals surface area contributed by atoms with Crippen molar-refractivity contribution < 1.29 is 18.7 Å². The Morgan fingerprint density at radius 1 is 0.647 bits per heavy atom. The van der Waals surface area contributed by atoms with Crippen LogP contribution in [-0.4, -0.2) is 34.0 Å². The molecule has 4 rings (SSSR count). The molecule has 0 spiro atoms. The molecule has 0 saturated heterocycles. The zero-order valence-electron chi connectivity index (χ0n) is 19.1. The quantitative estimate of drug-likeness (QED) is 0.259. The summed E-state index contributed by atoms with van der Waals surface area (Å²) < 4.78 is 7.75. The second kappa shape index (κ2) is 11.6. The second-order valence-corrected chi connectivity index (χ2v) is 8.19. The van der Waals surface area contributed by atoms with Crippen molar-refractivity contribution in [3.63, 3.8) is 0 Å². The van der Waals surface area contributed by atoms with Crippen molar-refractivity contribution in [2.75, 3.05) is 13.1 Å². The number of carbonyl (C=O) groups is 2. The molecule has 0 atom stereocenters. The Bertz CT molecular complexity index is 1100. The zero-order chi connectivity index (χ0) is 23.6. The molecule has 2 aromatic heterocycles. The van der Waals surface area contributed by atoms with Crippen molar-refractivity contribution in [2.24, 2.45) is 0 Å². The van der Waals surface area contributed by atoms with Crippen LogP contribution < -0.4 is 19.8 Å². The minimum absolute atomic E-state index is 0.0935. The number of benzene rings is 2. The fraction of sp³-hybridized carbons (Fsp3) is 0.231. The molecule has 0 fully saturated rings. The van der Waals surface area contributed by atoms with Gasteiger partial charge in [0.25, 0.3) is 11.8 Å². The maximum absolute atomic E-state index is 12.2. The molecular weight excluding hydrogens is 428 g/mol. The molecule has 8 heteroatoms. The van der Waals surface area contributed by atoms with Gasteiger partial charge in [-0.15, -0.1) is 0 Å². The van der Waals surface area contributed by atoms with E-state index in [4.69, 9.17) is 0 Å². The summed E-state index contributed by atoms with van der Waals surface area (Å²) >= 11 is 0. The topological polar surface area (TPSA) is 75.8 Å². The number of imidazole rings is 2. The van der Waals surface area contributed by atoms with Crippen molar-refractivity contribution in [1.82, 2.24) is 19.8 Å². The summed E-state index contributed by atoms with van der Waals surface area (Å²) in [5, 5.41) is 5.69. The summed E-state index contributed by atoms with van der Waals surface area (Å²) in [6, 6.07) is 20.3. The summed E-state index contributed by atoms with van der Waals surface area (Å²) in [5.41, 5.74) is 2.41. The van der Waals surface area contributed by atoms with Crippen molar-refractivity contribution >= 4 is 11.8 Å². The van der Waals surface area contributed by atoms with Crippen LogP contribution in [-0.2, 0) is 35.8 Å². The van der Waals surface area contributed by atoms with E-state index in [-0.39, 0.29) is 24.9 Å². The molecule has 4 aromatic rings. The van der Waals surface area contributed by atoms with Gasteiger partial charge in [0.2, 0.25) is 12.7 Å². The Morgan fingerprint density at radius 3 is 1.47 bits per heavy atom. The van der Waals surface area contributed by atoms with E-state index < -0.39 is 0 Å². The molecule has 0 bridgehead atoms. The molecule has 2 aromatic carbocycles. The number of hydrogen-bond acceptors (Lipinski definition) is 2. The van der Waals surface area contributed by atoms with Gasteiger partial charge in [-0.1, -0.05) is 60.7 Å². The monoisotopic (exact) mass is 458 g/mol. The van der Waals surface area contributed by atoms with E-state index >= 15 is 0 Å². The van der Waals surface area contributed by atoms with E-state index in [9.17, 15) is 9.59 Å². The van der Waals surface area contributed by atoms with E-state index in [2.05, 4.69) is 34.9 Å². The average Bonchev–Trinajstić information content (AvgIpc) is 3.47. The van der Waals surface area contributed by atoms with E-state index in [1.165, 1.54) is 11.1 Å². The molecule has 0 unspecified atom stereocenters. The Morgan fingerprint density at radius 2 is 1.06 bits per heavy atom. The molecule has 2 amide bonds. The van der Waals surface area contributed by atoms with Gasteiger partial charge in [-0.05, 0) is 11.1 Å². The Hall–Kier alpha value is -4.20. The fourth-order valence-corrected chi connectivity index (χ4v) is 3.69. The third-order valence-electron chi connectivity index (χ3n) is 5.33. The molecule has 8 nitrogen and oxygen atoms in total. The lowest BCUT2D eigenvalue weighted by Gasteiger charge is -2.05. The van der Waals surface area contributed by atoms with Gasteiger partial charge < -0.3 is 10.6 Å². The fourth-order valence-electron chi connectivity index (χ4n) is 3.69. The van der Waals surface area contributed by atoms with Crippen molar-refractivity contribution in [3.05, 3.63) is 109 Å². The highest BCUT2D eigenvalue weighted by Gasteiger charge is 2.11. The maximum atomic E-state index is 12.2. The molecule has 2 heterocycles. The normalized spacial score (nSPS) is 10.7. The predicted octanol–water partition coefficient (Wildman–Crippen LogP) is 0.894. The maximum Gasteiger partial charge on any atom is 0.262 e. The van der Waals surface area contributed by atoms with Crippen LogP contribution in [0.2, 0.25) is 0 Å². The van der Waals surface area contributed by atoms with Gasteiger partial charge in [0.15, 0.2) is 13.1 Å². The van der Waals surface area contributed by atoms with Crippen molar-refractivity contribution in [1.29, 1.82) is 0 Å². The minimum atomic E-state index is -0.0935. The van der Waals surface area contributed by atoms with E-state index in [0.717, 1.165) is 13.1 Å². The van der Waals surface area contributed by atoms with E-state index in [1.807, 2.05) is 92.1 Å². The first kappa shape index (κ1) is 23.0. The Labute approximate surface area is 199 Å². The van der Waals surface area contributed by atoms with Crippen molar-refractivity contribution in [2.45, 2.75) is 26.2 Å².